The zero-order valence-electron chi connectivity index (χ0n) is 12.5. The molecular formula is C16H26BrNS. The van der Waals surface area contributed by atoms with Crippen LogP contribution in [-0.2, 0) is 0 Å². The van der Waals surface area contributed by atoms with E-state index in [1.54, 1.807) is 0 Å². The fraction of sp³-hybridized carbons (Fsp3) is 0.625. The quantitative estimate of drug-likeness (QED) is 0.694. The first-order valence-electron chi connectivity index (χ1n) is 6.92. The monoisotopic (exact) mass is 343 g/mol. The lowest BCUT2D eigenvalue weighted by molar-refractivity contribution is 0.398. The topological polar surface area (TPSA) is 12.0 Å². The lowest BCUT2D eigenvalue weighted by Crippen LogP contribution is -2.38. The molecule has 0 aliphatic rings. The Morgan fingerprint density at radius 3 is 2.53 bits per heavy atom. The first-order valence-corrected chi connectivity index (χ1v) is 9.11. The van der Waals surface area contributed by atoms with Crippen molar-refractivity contribution in [2.45, 2.75) is 45.1 Å². The maximum Gasteiger partial charge on any atom is 0.0210 e. The number of halogens is 1. The molecule has 0 saturated carbocycles. The molecule has 1 unspecified atom stereocenters. The van der Waals surface area contributed by atoms with Crippen molar-refractivity contribution in [2.24, 2.45) is 0 Å². The predicted octanol–water partition coefficient (Wildman–Crippen LogP) is 5.06. The highest BCUT2D eigenvalue weighted by molar-refractivity contribution is 9.10. The Kier molecular flexibility index (Phi) is 7.48. The van der Waals surface area contributed by atoms with Crippen molar-refractivity contribution in [1.82, 2.24) is 5.32 Å². The van der Waals surface area contributed by atoms with Crippen molar-refractivity contribution in [2.75, 3.05) is 18.6 Å². The van der Waals surface area contributed by atoms with Crippen LogP contribution in [0.15, 0.2) is 28.7 Å². The van der Waals surface area contributed by atoms with Gasteiger partial charge in [0.25, 0.3) is 0 Å². The minimum Gasteiger partial charge on any atom is -0.311 e. The molecule has 19 heavy (non-hydrogen) atoms. The molecule has 1 N–H and O–H groups in total. The Bertz CT molecular complexity index is 373. The normalized spacial score (nSPS) is 13.5. The van der Waals surface area contributed by atoms with Crippen molar-refractivity contribution < 1.29 is 0 Å². The van der Waals surface area contributed by atoms with Gasteiger partial charge in [0, 0.05) is 16.6 Å². The molecule has 0 aliphatic carbocycles. The van der Waals surface area contributed by atoms with E-state index >= 15 is 0 Å². The molecule has 0 bridgehead atoms. The Morgan fingerprint density at radius 2 is 1.95 bits per heavy atom. The molecule has 1 atom stereocenters. The number of nitrogens with one attached hydrogen (secondary N) is 1. The molecule has 0 radical (unpaired) electrons. The molecule has 3 heteroatoms. The first kappa shape index (κ1) is 17.1. The summed E-state index contributed by atoms with van der Waals surface area (Å²) in [6.07, 6.45) is 4.70. The van der Waals surface area contributed by atoms with Crippen molar-refractivity contribution in [3.63, 3.8) is 0 Å². The lowest BCUT2D eigenvalue weighted by Gasteiger charge is -2.26. The molecule has 108 valence electrons. The highest BCUT2D eigenvalue weighted by Gasteiger charge is 2.17. The van der Waals surface area contributed by atoms with E-state index in [9.17, 15) is 0 Å². The minimum atomic E-state index is 0.180. The summed E-state index contributed by atoms with van der Waals surface area (Å²) in [5.74, 6) is 1.83. The first-order chi connectivity index (χ1) is 8.94. The fourth-order valence-corrected chi connectivity index (χ4v) is 3.14. The Morgan fingerprint density at radius 1 is 1.26 bits per heavy atom. The number of hydrogen-bond donors (Lipinski definition) is 1. The average molecular weight is 344 g/mol. The number of rotatable bonds is 7. The van der Waals surface area contributed by atoms with Crippen LogP contribution in [0.4, 0.5) is 0 Å². The summed E-state index contributed by atoms with van der Waals surface area (Å²) in [4.78, 5) is 0. The summed E-state index contributed by atoms with van der Waals surface area (Å²) in [6, 6.07) is 8.62. The van der Waals surface area contributed by atoms with Crippen LogP contribution in [0, 0.1) is 0 Å². The third-order valence-electron chi connectivity index (χ3n) is 3.12. The molecular weight excluding hydrogens is 318 g/mol. The van der Waals surface area contributed by atoms with Crippen molar-refractivity contribution >= 4 is 27.7 Å². The molecule has 0 saturated heterocycles. The third kappa shape index (κ3) is 6.82. The van der Waals surface area contributed by atoms with Crippen LogP contribution in [0.3, 0.4) is 0 Å². The van der Waals surface area contributed by atoms with E-state index in [-0.39, 0.29) is 5.54 Å². The van der Waals surface area contributed by atoms with Gasteiger partial charge in [0.2, 0.25) is 0 Å². The van der Waals surface area contributed by atoms with Gasteiger partial charge in [0.15, 0.2) is 0 Å². The highest BCUT2D eigenvalue weighted by Crippen LogP contribution is 2.28. The van der Waals surface area contributed by atoms with Gasteiger partial charge in [0.1, 0.15) is 0 Å². The van der Waals surface area contributed by atoms with Gasteiger partial charge in [-0.05, 0) is 63.2 Å². The maximum atomic E-state index is 3.69. The minimum absolute atomic E-state index is 0.180. The largest absolute Gasteiger partial charge is 0.311 e. The van der Waals surface area contributed by atoms with Gasteiger partial charge >= 0.3 is 0 Å². The van der Waals surface area contributed by atoms with Crippen LogP contribution in [-0.4, -0.2) is 24.1 Å². The van der Waals surface area contributed by atoms with Gasteiger partial charge in [-0.1, -0.05) is 34.1 Å². The van der Waals surface area contributed by atoms with Gasteiger partial charge in [-0.3, -0.25) is 0 Å². The van der Waals surface area contributed by atoms with Crippen LogP contribution in [0.5, 0.6) is 0 Å². The Hall–Kier alpha value is 0.01000. The second kappa shape index (κ2) is 8.33. The second-order valence-corrected chi connectivity index (χ2v) is 7.82. The standard InChI is InChI=1S/C16H26BrNS/c1-16(2,3)18-12-13(8-7-11-19-4)14-9-5-6-10-15(14)17/h5-6,9-10,13,18H,7-8,11-12H2,1-4H3. The molecule has 0 heterocycles. The van der Waals surface area contributed by atoms with Crippen molar-refractivity contribution in [3.05, 3.63) is 34.3 Å². The maximum absolute atomic E-state index is 3.69. The number of hydrogen-bond acceptors (Lipinski definition) is 2. The van der Waals surface area contributed by atoms with Crippen LogP contribution in [0.2, 0.25) is 0 Å². The van der Waals surface area contributed by atoms with Crippen LogP contribution in [0.1, 0.15) is 45.1 Å². The summed E-state index contributed by atoms with van der Waals surface area (Å²) in [5.41, 5.74) is 1.61. The smallest absolute Gasteiger partial charge is 0.0210 e. The number of benzene rings is 1. The summed E-state index contributed by atoms with van der Waals surface area (Å²) in [6.45, 7) is 7.73. The molecule has 0 fully saturated rings. The lowest BCUT2D eigenvalue weighted by atomic mass is 9.93. The molecule has 0 amide bonds. The SMILES string of the molecule is CSCCCC(CNC(C)(C)C)c1ccccc1Br. The zero-order chi connectivity index (χ0) is 14.3. The molecule has 1 rings (SSSR count). The van der Waals surface area contributed by atoms with E-state index < -0.39 is 0 Å². The Labute approximate surface area is 131 Å². The summed E-state index contributed by atoms with van der Waals surface area (Å²) >= 11 is 5.63. The highest BCUT2D eigenvalue weighted by atomic mass is 79.9. The average Bonchev–Trinajstić information content (AvgIpc) is 2.33. The second-order valence-electron chi connectivity index (χ2n) is 5.98. The van der Waals surface area contributed by atoms with E-state index in [0.717, 1.165) is 6.54 Å². The molecule has 0 aromatic heterocycles. The molecule has 1 aromatic rings. The van der Waals surface area contributed by atoms with E-state index in [1.807, 2.05) is 11.8 Å². The van der Waals surface area contributed by atoms with Gasteiger partial charge < -0.3 is 5.32 Å². The van der Waals surface area contributed by atoms with Crippen molar-refractivity contribution in [1.29, 1.82) is 0 Å². The predicted molar refractivity (Wildman–Crippen MR) is 92.3 cm³/mol. The van der Waals surface area contributed by atoms with Crippen LogP contribution in [0.25, 0.3) is 0 Å². The molecule has 1 nitrogen and oxygen atoms in total. The Balaban J connectivity index is 2.71. The van der Waals surface area contributed by atoms with Gasteiger partial charge in [-0.15, -0.1) is 0 Å². The van der Waals surface area contributed by atoms with E-state index in [1.165, 1.54) is 28.6 Å². The van der Waals surface area contributed by atoms with E-state index in [0.29, 0.717) is 5.92 Å². The van der Waals surface area contributed by atoms with E-state index in [2.05, 4.69) is 72.5 Å². The van der Waals surface area contributed by atoms with Gasteiger partial charge in [-0.2, -0.15) is 11.8 Å². The third-order valence-corrected chi connectivity index (χ3v) is 4.54. The number of thioether (sulfide) groups is 1. The summed E-state index contributed by atoms with van der Waals surface area (Å²) in [5, 5.41) is 3.65. The van der Waals surface area contributed by atoms with Crippen LogP contribution < -0.4 is 5.32 Å². The fourth-order valence-electron chi connectivity index (χ4n) is 2.08. The summed E-state index contributed by atoms with van der Waals surface area (Å²) < 4.78 is 1.24. The molecule has 0 spiro atoms. The van der Waals surface area contributed by atoms with Crippen molar-refractivity contribution in [3.8, 4) is 0 Å². The molecule has 0 aliphatic heterocycles. The van der Waals surface area contributed by atoms with Crippen LogP contribution >= 0.6 is 27.7 Å². The van der Waals surface area contributed by atoms with E-state index in [4.69, 9.17) is 0 Å². The molecule has 1 aromatic carbocycles. The zero-order valence-corrected chi connectivity index (χ0v) is 14.9. The summed E-state index contributed by atoms with van der Waals surface area (Å²) in [7, 11) is 0. The van der Waals surface area contributed by atoms with Gasteiger partial charge in [-0.25, -0.2) is 0 Å². The van der Waals surface area contributed by atoms with Gasteiger partial charge in [0.05, 0.1) is 0 Å².